The number of urea groups is 1. The minimum absolute atomic E-state index is 0.0462. The molecule has 3 rings (SSSR count). The third kappa shape index (κ3) is 4.31. The van der Waals surface area contributed by atoms with Crippen molar-refractivity contribution in [1.29, 1.82) is 0 Å². The summed E-state index contributed by atoms with van der Waals surface area (Å²) in [6, 6.07) is 3.99. The third-order valence-electron chi connectivity index (χ3n) is 5.13. The fourth-order valence-corrected chi connectivity index (χ4v) is 3.72. The fraction of sp³-hybridized carbons (Fsp3) is 0.526. The Morgan fingerprint density at radius 3 is 2.37 bits per heavy atom. The summed E-state index contributed by atoms with van der Waals surface area (Å²) in [5, 5.41) is 0. The molecule has 1 aromatic rings. The molecule has 0 unspecified atom stereocenters. The first kappa shape index (κ1) is 19.4. The van der Waals surface area contributed by atoms with Crippen molar-refractivity contribution in [2.24, 2.45) is 0 Å². The number of amides is 4. The lowest BCUT2D eigenvalue weighted by Crippen LogP contribution is -2.58. The van der Waals surface area contributed by atoms with E-state index in [-0.39, 0.29) is 25.4 Å². The molecule has 0 aromatic heterocycles. The summed E-state index contributed by atoms with van der Waals surface area (Å²) >= 11 is 0. The molecule has 0 bridgehead atoms. The molecule has 1 heterocycles. The minimum Gasteiger partial charge on any atom is -0.274 e. The van der Waals surface area contributed by atoms with Gasteiger partial charge in [-0.15, -0.1) is 0 Å². The summed E-state index contributed by atoms with van der Waals surface area (Å²) in [5.41, 5.74) is -0.387. The van der Waals surface area contributed by atoms with Gasteiger partial charge in [0.2, 0.25) is 11.8 Å². The van der Waals surface area contributed by atoms with Gasteiger partial charge in [0.25, 0.3) is 0 Å². The van der Waals surface area contributed by atoms with E-state index in [1.54, 1.807) is 0 Å². The van der Waals surface area contributed by atoms with Crippen LogP contribution in [-0.4, -0.2) is 40.2 Å². The molecule has 0 atom stereocenters. The maximum absolute atomic E-state index is 12.8. The Morgan fingerprint density at radius 2 is 1.70 bits per heavy atom. The summed E-state index contributed by atoms with van der Waals surface area (Å²) < 4.78 is 38.5. The van der Waals surface area contributed by atoms with Crippen LogP contribution in [0.2, 0.25) is 0 Å². The number of carbonyl (C=O) groups excluding carboxylic acids is 3. The average molecular weight is 382 g/mol. The molecule has 0 radical (unpaired) electrons. The highest BCUT2D eigenvalue weighted by molar-refractivity contribution is 6.14. The smallest absolute Gasteiger partial charge is 0.274 e. The van der Waals surface area contributed by atoms with Gasteiger partial charge in [-0.05, 0) is 30.9 Å². The van der Waals surface area contributed by atoms with Gasteiger partial charge < -0.3 is 0 Å². The molecule has 1 saturated heterocycles. The number of nitrogens with zero attached hydrogens (tertiary/aromatic N) is 2. The molecular formula is C19H21F3N2O3. The molecule has 2 aliphatic rings. The lowest BCUT2D eigenvalue weighted by molar-refractivity contribution is -0.144. The van der Waals surface area contributed by atoms with Crippen molar-refractivity contribution in [1.82, 2.24) is 9.80 Å². The van der Waals surface area contributed by atoms with Crippen molar-refractivity contribution in [2.75, 3.05) is 6.54 Å². The first-order chi connectivity index (χ1) is 12.8. The maximum Gasteiger partial charge on any atom is 0.416 e. The lowest BCUT2D eigenvalue weighted by atomic mass is 9.93. The zero-order chi connectivity index (χ0) is 19.6. The van der Waals surface area contributed by atoms with Gasteiger partial charge in [0.1, 0.15) is 6.42 Å². The van der Waals surface area contributed by atoms with E-state index in [1.165, 1.54) is 17.0 Å². The summed E-state index contributed by atoms with van der Waals surface area (Å²) in [7, 11) is 0. The summed E-state index contributed by atoms with van der Waals surface area (Å²) in [4.78, 5) is 39.3. The van der Waals surface area contributed by atoms with E-state index in [4.69, 9.17) is 0 Å². The summed E-state index contributed by atoms with van der Waals surface area (Å²) in [6.07, 6.45) is -0.332. The number of imide groups is 2. The molecule has 1 aromatic carbocycles. The highest BCUT2D eigenvalue weighted by Crippen LogP contribution is 2.30. The van der Waals surface area contributed by atoms with Crippen LogP contribution in [0.5, 0.6) is 0 Å². The van der Waals surface area contributed by atoms with E-state index >= 15 is 0 Å². The monoisotopic (exact) mass is 382 g/mol. The van der Waals surface area contributed by atoms with Gasteiger partial charge in [-0.3, -0.25) is 19.4 Å². The Hall–Kier alpha value is -2.38. The highest BCUT2D eigenvalue weighted by Gasteiger charge is 2.41. The molecular weight excluding hydrogens is 361 g/mol. The Morgan fingerprint density at radius 1 is 1.00 bits per heavy atom. The topological polar surface area (TPSA) is 57.7 Å². The predicted octanol–water partition coefficient (Wildman–Crippen LogP) is 3.76. The number of alkyl halides is 3. The van der Waals surface area contributed by atoms with Crippen LogP contribution >= 0.6 is 0 Å². The Kier molecular flexibility index (Phi) is 5.53. The van der Waals surface area contributed by atoms with E-state index in [1.807, 2.05) is 0 Å². The predicted molar refractivity (Wildman–Crippen MR) is 90.6 cm³/mol. The number of benzene rings is 1. The molecule has 0 N–H and O–H groups in total. The number of hydrogen-bond acceptors (Lipinski definition) is 3. The van der Waals surface area contributed by atoms with Gasteiger partial charge in [-0.1, -0.05) is 37.5 Å². The SMILES string of the molecule is O=C1CC(=O)N(C2CCCCC2)C(=O)N1CCc1cccc(C(F)(F)F)c1. The maximum atomic E-state index is 12.8. The molecule has 5 nitrogen and oxygen atoms in total. The van der Waals surface area contributed by atoms with Gasteiger partial charge in [-0.25, -0.2) is 4.79 Å². The van der Waals surface area contributed by atoms with Crippen molar-refractivity contribution in [3.8, 4) is 0 Å². The van der Waals surface area contributed by atoms with E-state index in [2.05, 4.69) is 0 Å². The molecule has 146 valence electrons. The first-order valence-corrected chi connectivity index (χ1v) is 9.10. The second-order valence-electron chi connectivity index (χ2n) is 7.01. The molecule has 1 saturated carbocycles. The fourth-order valence-electron chi connectivity index (χ4n) is 3.72. The van der Waals surface area contributed by atoms with Crippen LogP contribution in [0.15, 0.2) is 24.3 Å². The molecule has 4 amide bonds. The Balaban J connectivity index is 1.71. The summed E-state index contributed by atoms with van der Waals surface area (Å²) in [6.45, 7) is -0.0462. The second-order valence-corrected chi connectivity index (χ2v) is 7.01. The van der Waals surface area contributed by atoms with E-state index in [0.717, 1.165) is 49.1 Å². The number of rotatable bonds is 4. The first-order valence-electron chi connectivity index (χ1n) is 9.10. The number of hydrogen-bond donors (Lipinski definition) is 0. The zero-order valence-corrected chi connectivity index (χ0v) is 14.8. The number of halogens is 3. The molecule has 0 spiro atoms. The third-order valence-corrected chi connectivity index (χ3v) is 5.13. The highest BCUT2D eigenvalue weighted by atomic mass is 19.4. The van der Waals surface area contributed by atoms with E-state index in [0.29, 0.717) is 5.56 Å². The minimum atomic E-state index is -4.45. The van der Waals surface area contributed by atoms with Crippen molar-refractivity contribution in [3.63, 3.8) is 0 Å². The Labute approximate surface area is 155 Å². The molecule has 1 aliphatic heterocycles. The van der Waals surface area contributed by atoms with Gasteiger partial charge >= 0.3 is 12.2 Å². The molecule has 8 heteroatoms. The van der Waals surface area contributed by atoms with Crippen molar-refractivity contribution in [3.05, 3.63) is 35.4 Å². The molecule has 1 aliphatic carbocycles. The largest absolute Gasteiger partial charge is 0.416 e. The van der Waals surface area contributed by atoms with Crippen LogP contribution in [0, 0.1) is 0 Å². The van der Waals surface area contributed by atoms with Crippen molar-refractivity contribution < 1.29 is 27.6 Å². The van der Waals surface area contributed by atoms with Crippen molar-refractivity contribution >= 4 is 17.8 Å². The number of barbiturate groups is 1. The summed E-state index contributed by atoms with van der Waals surface area (Å²) in [5.74, 6) is -1.07. The van der Waals surface area contributed by atoms with E-state index < -0.39 is 29.6 Å². The van der Waals surface area contributed by atoms with Crippen LogP contribution in [0.3, 0.4) is 0 Å². The zero-order valence-electron chi connectivity index (χ0n) is 14.8. The van der Waals surface area contributed by atoms with Gasteiger partial charge in [-0.2, -0.15) is 13.2 Å². The van der Waals surface area contributed by atoms with Crippen molar-refractivity contribution in [2.45, 2.75) is 57.2 Å². The lowest BCUT2D eigenvalue weighted by Gasteiger charge is -2.39. The Bertz CT molecular complexity index is 742. The standard InChI is InChI=1S/C19H21F3N2O3/c20-19(21,22)14-6-4-5-13(11-14)9-10-23-16(25)12-17(26)24(18(23)27)15-7-2-1-3-8-15/h4-6,11,15H,1-3,7-10,12H2. The van der Waals surface area contributed by atoms with Gasteiger partial charge in [0.05, 0.1) is 5.56 Å². The quantitative estimate of drug-likeness (QED) is 0.745. The molecule has 2 fully saturated rings. The van der Waals surface area contributed by atoms with E-state index in [9.17, 15) is 27.6 Å². The molecule has 27 heavy (non-hydrogen) atoms. The van der Waals surface area contributed by atoms with Gasteiger partial charge in [0.15, 0.2) is 0 Å². The van der Waals surface area contributed by atoms with Crippen LogP contribution in [-0.2, 0) is 22.2 Å². The van der Waals surface area contributed by atoms with Gasteiger partial charge in [0, 0.05) is 12.6 Å². The van der Waals surface area contributed by atoms with Crippen LogP contribution in [0.4, 0.5) is 18.0 Å². The average Bonchev–Trinajstić information content (AvgIpc) is 2.61. The van der Waals surface area contributed by atoms with Crippen LogP contribution in [0.1, 0.15) is 49.7 Å². The normalized spacial score (nSPS) is 19.7. The number of carbonyl (C=O) groups is 3. The second kappa shape index (κ2) is 7.70. The van der Waals surface area contributed by atoms with Crippen LogP contribution < -0.4 is 0 Å². The van der Waals surface area contributed by atoms with Crippen LogP contribution in [0.25, 0.3) is 0 Å².